The van der Waals surface area contributed by atoms with Gasteiger partial charge in [-0.2, -0.15) is 0 Å². The first-order chi connectivity index (χ1) is 8.65. The Labute approximate surface area is 106 Å². The Morgan fingerprint density at radius 3 is 2.72 bits per heavy atom. The second-order valence-electron chi connectivity index (χ2n) is 4.74. The molecule has 0 aliphatic heterocycles. The monoisotopic (exact) mass is 250 g/mol. The number of carbonyl (C=O) groups is 1. The average Bonchev–Trinajstić information content (AvgIpc) is 2.81. The van der Waals surface area contributed by atoms with E-state index in [4.69, 9.17) is 4.74 Å². The van der Waals surface area contributed by atoms with Gasteiger partial charge in [0.15, 0.2) is 6.10 Å². The molecule has 0 bridgehead atoms. The Balaban J connectivity index is 1.99. The summed E-state index contributed by atoms with van der Waals surface area (Å²) in [5.74, 6) is -0.789. The Morgan fingerprint density at radius 1 is 1.39 bits per heavy atom. The molecule has 2 rings (SSSR count). The van der Waals surface area contributed by atoms with Gasteiger partial charge < -0.3 is 14.9 Å². The van der Waals surface area contributed by atoms with E-state index in [0.29, 0.717) is 6.42 Å². The van der Waals surface area contributed by atoms with Crippen molar-refractivity contribution in [2.45, 2.75) is 44.3 Å². The van der Waals surface area contributed by atoms with Gasteiger partial charge >= 0.3 is 5.97 Å². The Morgan fingerprint density at radius 2 is 2.11 bits per heavy atom. The van der Waals surface area contributed by atoms with Crippen LogP contribution >= 0.6 is 0 Å². The number of carboxylic acids is 1. The summed E-state index contributed by atoms with van der Waals surface area (Å²) in [6.45, 7) is 0. The Kier molecular flexibility index (Phi) is 4.20. The topological polar surface area (TPSA) is 66.8 Å². The number of hydrogen-bond donors (Lipinski definition) is 2. The van der Waals surface area contributed by atoms with Crippen molar-refractivity contribution in [3.63, 3.8) is 0 Å². The maximum Gasteiger partial charge on any atom is 0.333 e. The molecule has 1 fully saturated rings. The van der Waals surface area contributed by atoms with E-state index in [-0.39, 0.29) is 11.9 Å². The molecule has 1 aromatic carbocycles. The van der Waals surface area contributed by atoms with Crippen LogP contribution in [-0.2, 0) is 16.0 Å². The fourth-order valence-corrected chi connectivity index (χ4v) is 2.35. The maximum atomic E-state index is 11.2. The number of aliphatic carboxylic acids is 1. The number of aromatic hydroxyl groups is 1. The van der Waals surface area contributed by atoms with Crippen LogP contribution in [0.15, 0.2) is 24.3 Å². The van der Waals surface area contributed by atoms with Crippen molar-refractivity contribution in [2.24, 2.45) is 0 Å². The molecule has 4 heteroatoms. The fraction of sp³-hybridized carbons (Fsp3) is 0.500. The zero-order valence-electron chi connectivity index (χ0n) is 10.2. The van der Waals surface area contributed by atoms with E-state index in [1.807, 2.05) is 0 Å². The van der Waals surface area contributed by atoms with Crippen LogP contribution in [-0.4, -0.2) is 28.4 Å². The lowest BCUT2D eigenvalue weighted by atomic mass is 10.1. The zero-order chi connectivity index (χ0) is 13.0. The largest absolute Gasteiger partial charge is 0.508 e. The van der Waals surface area contributed by atoms with Crippen LogP contribution in [0.4, 0.5) is 0 Å². The first-order valence-corrected chi connectivity index (χ1v) is 6.31. The molecular weight excluding hydrogens is 232 g/mol. The summed E-state index contributed by atoms with van der Waals surface area (Å²) >= 11 is 0. The van der Waals surface area contributed by atoms with Crippen LogP contribution in [0.2, 0.25) is 0 Å². The highest BCUT2D eigenvalue weighted by molar-refractivity contribution is 5.72. The van der Waals surface area contributed by atoms with Crippen molar-refractivity contribution < 1.29 is 19.7 Å². The van der Waals surface area contributed by atoms with E-state index < -0.39 is 12.1 Å². The second kappa shape index (κ2) is 5.87. The van der Waals surface area contributed by atoms with E-state index in [9.17, 15) is 15.0 Å². The smallest absolute Gasteiger partial charge is 0.333 e. The molecule has 18 heavy (non-hydrogen) atoms. The lowest BCUT2D eigenvalue weighted by Gasteiger charge is -2.18. The van der Waals surface area contributed by atoms with Crippen LogP contribution in [0.25, 0.3) is 0 Å². The number of phenolic OH excluding ortho intramolecular Hbond substituents is 1. The first kappa shape index (κ1) is 12.9. The normalized spacial score (nSPS) is 17.8. The third kappa shape index (κ3) is 3.47. The van der Waals surface area contributed by atoms with Gasteiger partial charge in [-0.05, 0) is 30.5 Å². The quantitative estimate of drug-likeness (QED) is 0.841. The summed E-state index contributed by atoms with van der Waals surface area (Å²) in [5, 5.41) is 18.5. The molecule has 1 aliphatic rings. The minimum absolute atomic E-state index is 0.0726. The molecular formula is C14H18O4. The molecule has 4 nitrogen and oxygen atoms in total. The standard InChI is InChI=1S/C14H18O4/c15-11-5-3-4-10(8-11)9-13(14(16)17)18-12-6-1-2-7-12/h3-5,8,12-13,15H,1-2,6-7,9H2,(H,16,17)/t13-/m0/s1. The number of hydrogen-bond acceptors (Lipinski definition) is 3. The van der Waals surface area contributed by atoms with Gasteiger partial charge in [-0.1, -0.05) is 25.0 Å². The highest BCUT2D eigenvalue weighted by Gasteiger charge is 2.25. The number of rotatable bonds is 5. The third-order valence-corrected chi connectivity index (χ3v) is 3.27. The van der Waals surface area contributed by atoms with Crippen molar-refractivity contribution in [1.29, 1.82) is 0 Å². The van der Waals surface area contributed by atoms with Gasteiger partial charge in [0.1, 0.15) is 5.75 Å². The summed E-state index contributed by atoms with van der Waals surface area (Å²) in [6, 6.07) is 6.65. The van der Waals surface area contributed by atoms with Crippen LogP contribution in [0, 0.1) is 0 Å². The molecule has 0 spiro atoms. The minimum Gasteiger partial charge on any atom is -0.508 e. The highest BCUT2D eigenvalue weighted by atomic mass is 16.5. The number of carboxylic acid groups (broad SMARTS) is 1. The molecule has 0 heterocycles. The number of benzene rings is 1. The molecule has 0 unspecified atom stereocenters. The number of ether oxygens (including phenoxy) is 1. The van der Waals surface area contributed by atoms with Gasteiger partial charge in [0.2, 0.25) is 0 Å². The summed E-state index contributed by atoms with van der Waals surface area (Å²) < 4.78 is 5.64. The summed E-state index contributed by atoms with van der Waals surface area (Å²) in [5.41, 5.74) is 0.778. The van der Waals surface area contributed by atoms with Crippen LogP contribution in [0.1, 0.15) is 31.2 Å². The third-order valence-electron chi connectivity index (χ3n) is 3.27. The van der Waals surface area contributed by atoms with Crippen LogP contribution < -0.4 is 0 Å². The summed E-state index contributed by atoms with van der Waals surface area (Å²) in [6.07, 6.45) is 3.67. The lowest BCUT2D eigenvalue weighted by molar-refractivity contribution is -0.154. The van der Waals surface area contributed by atoms with Gasteiger partial charge in [0.25, 0.3) is 0 Å². The Hall–Kier alpha value is -1.55. The van der Waals surface area contributed by atoms with E-state index >= 15 is 0 Å². The molecule has 2 N–H and O–H groups in total. The van der Waals surface area contributed by atoms with Crippen molar-refractivity contribution in [3.8, 4) is 5.75 Å². The molecule has 1 aliphatic carbocycles. The number of phenols is 1. The summed E-state index contributed by atoms with van der Waals surface area (Å²) in [7, 11) is 0. The van der Waals surface area contributed by atoms with Gasteiger partial charge in [-0.3, -0.25) is 0 Å². The van der Waals surface area contributed by atoms with E-state index in [1.54, 1.807) is 24.3 Å². The van der Waals surface area contributed by atoms with Crippen LogP contribution in [0.5, 0.6) is 5.75 Å². The van der Waals surface area contributed by atoms with E-state index in [0.717, 1.165) is 31.2 Å². The van der Waals surface area contributed by atoms with Crippen molar-refractivity contribution in [3.05, 3.63) is 29.8 Å². The molecule has 1 aromatic rings. The molecule has 0 amide bonds. The van der Waals surface area contributed by atoms with E-state index in [1.165, 1.54) is 0 Å². The molecule has 1 saturated carbocycles. The van der Waals surface area contributed by atoms with Crippen molar-refractivity contribution >= 4 is 5.97 Å². The van der Waals surface area contributed by atoms with Gasteiger partial charge in [0, 0.05) is 6.42 Å². The molecule has 98 valence electrons. The van der Waals surface area contributed by atoms with Gasteiger partial charge in [-0.15, -0.1) is 0 Å². The minimum atomic E-state index is -0.940. The highest BCUT2D eigenvalue weighted by Crippen LogP contribution is 2.23. The second-order valence-corrected chi connectivity index (χ2v) is 4.74. The van der Waals surface area contributed by atoms with Crippen LogP contribution in [0.3, 0.4) is 0 Å². The SMILES string of the molecule is O=C(O)[C@H](Cc1cccc(O)c1)OC1CCCC1. The first-order valence-electron chi connectivity index (χ1n) is 6.31. The lowest BCUT2D eigenvalue weighted by Crippen LogP contribution is -2.30. The molecule has 1 atom stereocenters. The van der Waals surface area contributed by atoms with Crippen molar-refractivity contribution in [1.82, 2.24) is 0 Å². The average molecular weight is 250 g/mol. The van der Waals surface area contributed by atoms with Gasteiger partial charge in [-0.25, -0.2) is 4.79 Å². The predicted molar refractivity (Wildman–Crippen MR) is 66.6 cm³/mol. The molecule has 0 saturated heterocycles. The molecule has 0 aromatic heterocycles. The fourth-order valence-electron chi connectivity index (χ4n) is 2.35. The Bertz CT molecular complexity index is 410. The maximum absolute atomic E-state index is 11.2. The van der Waals surface area contributed by atoms with Crippen molar-refractivity contribution in [2.75, 3.05) is 0 Å². The summed E-state index contributed by atoms with van der Waals surface area (Å²) in [4.78, 5) is 11.2. The molecule has 0 radical (unpaired) electrons. The van der Waals surface area contributed by atoms with Gasteiger partial charge in [0.05, 0.1) is 6.10 Å². The predicted octanol–water partition coefficient (Wildman–Crippen LogP) is 2.35. The van der Waals surface area contributed by atoms with E-state index in [2.05, 4.69) is 0 Å². The zero-order valence-corrected chi connectivity index (χ0v) is 10.2.